The Labute approximate surface area is 127 Å². The maximum absolute atomic E-state index is 12.1. The first-order valence-corrected chi connectivity index (χ1v) is 7.10. The van der Waals surface area contributed by atoms with E-state index >= 15 is 0 Å². The number of anilines is 2. The third-order valence-corrected chi connectivity index (χ3v) is 3.54. The Balaban J connectivity index is 1.64. The van der Waals surface area contributed by atoms with E-state index in [1.54, 1.807) is 11.6 Å². The summed E-state index contributed by atoms with van der Waals surface area (Å²) in [5.41, 5.74) is 1.85. The molecule has 1 aromatic carbocycles. The highest BCUT2D eigenvalue weighted by atomic mass is 16.2. The first kappa shape index (κ1) is 14.2. The molecule has 0 radical (unpaired) electrons. The summed E-state index contributed by atoms with van der Waals surface area (Å²) in [6.45, 7) is 4.11. The van der Waals surface area contributed by atoms with Gasteiger partial charge in [-0.15, -0.1) is 0 Å². The summed E-state index contributed by atoms with van der Waals surface area (Å²) >= 11 is 0. The van der Waals surface area contributed by atoms with E-state index in [1.807, 2.05) is 31.2 Å². The van der Waals surface area contributed by atoms with Crippen molar-refractivity contribution in [3.05, 3.63) is 35.7 Å². The lowest BCUT2D eigenvalue weighted by Gasteiger charge is -2.21. The number of fused-ring (bicyclic) bond motifs is 1. The first-order valence-electron chi connectivity index (χ1n) is 7.10. The van der Waals surface area contributed by atoms with Crippen molar-refractivity contribution in [3.8, 4) is 0 Å². The number of amides is 2. The number of nitrogens with one attached hydrogen (secondary N) is 2. The Morgan fingerprint density at radius 1 is 1.36 bits per heavy atom. The molecule has 114 valence electrons. The van der Waals surface area contributed by atoms with Crippen LogP contribution >= 0.6 is 0 Å². The standard InChI is InChI=1S/C15H17N5O2/c1-9-3-5-12(6-4-9)17-13(21)7-11-8-20-15(18-14(11)22)16-10(2)19-20/h3-6,11H,7-8H2,1-2H3,(H,17,21)(H,16,18,19,22). The van der Waals surface area contributed by atoms with Crippen molar-refractivity contribution in [3.63, 3.8) is 0 Å². The van der Waals surface area contributed by atoms with Crippen molar-refractivity contribution >= 4 is 23.5 Å². The van der Waals surface area contributed by atoms with Crippen molar-refractivity contribution in [2.45, 2.75) is 26.8 Å². The molecule has 0 saturated carbocycles. The fourth-order valence-corrected chi connectivity index (χ4v) is 2.41. The predicted molar refractivity (Wildman–Crippen MR) is 81.3 cm³/mol. The molecular formula is C15H17N5O2. The van der Waals surface area contributed by atoms with Gasteiger partial charge in [-0.1, -0.05) is 17.7 Å². The van der Waals surface area contributed by atoms with E-state index in [4.69, 9.17) is 0 Å². The lowest BCUT2D eigenvalue weighted by Crippen LogP contribution is -2.36. The normalized spacial score (nSPS) is 16.8. The number of rotatable bonds is 3. The lowest BCUT2D eigenvalue weighted by molar-refractivity contribution is -0.125. The molecule has 7 heteroatoms. The van der Waals surface area contributed by atoms with Crippen LogP contribution in [-0.2, 0) is 16.1 Å². The van der Waals surface area contributed by atoms with Crippen LogP contribution in [-0.4, -0.2) is 26.6 Å². The molecule has 0 aliphatic carbocycles. The Bertz CT molecular complexity index is 720. The second-order valence-electron chi connectivity index (χ2n) is 5.47. The van der Waals surface area contributed by atoms with Crippen molar-refractivity contribution < 1.29 is 9.59 Å². The molecule has 1 aliphatic heterocycles. The summed E-state index contributed by atoms with van der Waals surface area (Å²) in [5, 5.41) is 9.68. The van der Waals surface area contributed by atoms with E-state index in [0.717, 1.165) is 11.3 Å². The second kappa shape index (κ2) is 5.59. The number of benzene rings is 1. The van der Waals surface area contributed by atoms with Gasteiger partial charge in [0.05, 0.1) is 12.5 Å². The molecule has 1 unspecified atom stereocenters. The Morgan fingerprint density at radius 3 is 2.82 bits per heavy atom. The summed E-state index contributed by atoms with van der Waals surface area (Å²) in [7, 11) is 0. The molecule has 2 amide bonds. The van der Waals surface area contributed by atoms with E-state index < -0.39 is 5.92 Å². The molecule has 1 aromatic heterocycles. The van der Waals surface area contributed by atoms with Crippen molar-refractivity contribution in [1.29, 1.82) is 0 Å². The largest absolute Gasteiger partial charge is 0.326 e. The summed E-state index contributed by atoms with van der Waals surface area (Å²) in [6, 6.07) is 7.53. The topological polar surface area (TPSA) is 88.9 Å². The van der Waals surface area contributed by atoms with Gasteiger partial charge in [-0.05, 0) is 26.0 Å². The van der Waals surface area contributed by atoms with Crippen molar-refractivity contribution in [1.82, 2.24) is 14.8 Å². The third kappa shape index (κ3) is 2.98. The highest BCUT2D eigenvalue weighted by Crippen LogP contribution is 2.20. The zero-order valence-electron chi connectivity index (χ0n) is 12.5. The molecule has 0 fully saturated rings. The minimum atomic E-state index is -0.445. The van der Waals surface area contributed by atoms with Gasteiger partial charge in [0.2, 0.25) is 17.8 Å². The van der Waals surface area contributed by atoms with E-state index in [0.29, 0.717) is 18.3 Å². The molecule has 0 saturated heterocycles. The zero-order chi connectivity index (χ0) is 15.7. The van der Waals surface area contributed by atoms with E-state index in [-0.39, 0.29) is 18.2 Å². The van der Waals surface area contributed by atoms with Crippen LogP contribution in [0.2, 0.25) is 0 Å². The maximum atomic E-state index is 12.1. The number of aryl methyl sites for hydroxylation is 2. The molecule has 2 aromatic rings. The fraction of sp³-hybridized carbons (Fsp3) is 0.333. The van der Waals surface area contributed by atoms with Crippen LogP contribution in [0.4, 0.5) is 11.6 Å². The second-order valence-corrected chi connectivity index (χ2v) is 5.47. The summed E-state index contributed by atoms with van der Waals surface area (Å²) in [4.78, 5) is 28.2. The number of hydrogen-bond donors (Lipinski definition) is 2. The molecule has 2 heterocycles. The van der Waals surface area contributed by atoms with Crippen LogP contribution in [0.25, 0.3) is 0 Å². The van der Waals surface area contributed by atoms with Crippen LogP contribution in [0.3, 0.4) is 0 Å². The zero-order valence-corrected chi connectivity index (χ0v) is 12.5. The monoisotopic (exact) mass is 299 g/mol. The molecule has 0 bridgehead atoms. The quantitative estimate of drug-likeness (QED) is 0.898. The van der Waals surface area contributed by atoms with Gasteiger partial charge in [0, 0.05) is 12.1 Å². The first-order chi connectivity index (χ1) is 10.5. The Morgan fingerprint density at radius 2 is 2.09 bits per heavy atom. The van der Waals surface area contributed by atoms with Gasteiger partial charge in [0.25, 0.3) is 0 Å². The van der Waals surface area contributed by atoms with Gasteiger partial charge in [-0.2, -0.15) is 10.1 Å². The molecule has 0 spiro atoms. The van der Waals surface area contributed by atoms with Crippen LogP contribution < -0.4 is 10.6 Å². The van der Waals surface area contributed by atoms with Crippen LogP contribution in [0, 0.1) is 19.8 Å². The lowest BCUT2D eigenvalue weighted by atomic mass is 10.0. The maximum Gasteiger partial charge on any atom is 0.232 e. The Hall–Kier alpha value is -2.70. The summed E-state index contributed by atoms with van der Waals surface area (Å²) < 4.78 is 1.63. The molecule has 2 N–H and O–H groups in total. The molecule has 22 heavy (non-hydrogen) atoms. The number of nitrogens with zero attached hydrogens (tertiary/aromatic N) is 3. The number of carbonyl (C=O) groups is 2. The molecule has 7 nitrogen and oxygen atoms in total. The van der Waals surface area contributed by atoms with Crippen LogP contribution in [0.5, 0.6) is 0 Å². The van der Waals surface area contributed by atoms with Gasteiger partial charge in [-0.25, -0.2) is 4.68 Å². The number of hydrogen-bond acceptors (Lipinski definition) is 4. The minimum Gasteiger partial charge on any atom is -0.326 e. The van der Waals surface area contributed by atoms with Crippen molar-refractivity contribution in [2.24, 2.45) is 5.92 Å². The predicted octanol–water partition coefficient (Wildman–Crippen LogP) is 1.49. The van der Waals surface area contributed by atoms with Gasteiger partial charge in [0.1, 0.15) is 5.82 Å². The van der Waals surface area contributed by atoms with E-state index in [2.05, 4.69) is 20.7 Å². The number of aromatic nitrogens is 3. The van der Waals surface area contributed by atoms with Gasteiger partial charge in [-0.3, -0.25) is 14.9 Å². The van der Waals surface area contributed by atoms with Gasteiger partial charge < -0.3 is 5.32 Å². The number of carbonyl (C=O) groups excluding carboxylic acids is 2. The minimum absolute atomic E-state index is 0.109. The summed E-state index contributed by atoms with van der Waals surface area (Å²) in [5.74, 6) is 0.208. The molecule has 1 aliphatic rings. The summed E-state index contributed by atoms with van der Waals surface area (Å²) in [6.07, 6.45) is 0.109. The average Bonchev–Trinajstić information content (AvgIpc) is 2.81. The van der Waals surface area contributed by atoms with Crippen LogP contribution in [0.15, 0.2) is 24.3 Å². The Kier molecular flexibility index (Phi) is 3.62. The van der Waals surface area contributed by atoms with Crippen molar-refractivity contribution in [2.75, 3.05) is 10.6 Å². The van der Waals surface area contributed by atoms with Crippen LogP contribution in [0.1, 0.15) is 17.8 Å². The SMILES string of the molecule is Cc1ccc(NC(=O)CC2Cn3nc(C)nc3NC2=O)cc1. The van der Waals surface area contributed by atoms with E-state index in [9.17, 15) is 9.59 Å². The highest BCUT2D eigenvalue weighted by molar-refractivity contribution is 5.98. The average molecular weight is 299 g/mol. The third-order valence-electron chi connectivity index (χ3n) is 3.54. The fourth-order valence-electron chi connectivity index (χ4n) is 2.41. The molecule has 1 atom stereocenters. The smallest absolute Gasteiger partial charge is 0.232 e. The van der Waals surface area contributed by atoms with Gasteiger partial charge >= 0.3 is 0 Å². The van der Waals surface area contributed by atoms with Gasteiger partial charge in [0.15, 0.2) is 0 Å². The molecule has 3 rings (SSSR count). The highest BCUT2D eigenvalue weighted by Gasteiger charge is 2.29. The molecular weight excluding hydrogens is 282 g/mol. The van der Waals surface area contributed by atoms with E-state index in [1.165, 1.54) is 0 Å².